The second-order valence-electron chi connectivity index (χ2n) is 10.1. The van der Waals surface area contributed by atoms with Crippen LogP contribution < -0.4 is 5.43 Å². The maximum Gasteiger partial charge on any atom is 0.332 e. The van der Waals surface area contributed by atoms with Gasteiger partial charge in [-0.15, -0.1) is 3.89 Å². The predicted molar refractivity (Wildman–Crippen MR) is 143 cm³/mol. The molecule has 6 rings (SSSR count). The fourth-order valence-corrected chi connectivity index (χ4v) is 5.98. The highest BCUT2D eigenvalue weighted by molar-refractivity contribution is 7.86. The molecule has 37 heavy (non-hydrogen) atoms. The molecule has 8 heteroatoms. The molecule has 2 aromatic heterocycles. The number of hydrogen-bond donors (Lipinski definition) is 1. The topological polar surface area (TPSA) is 95.7 Å². The largest absolute Gasteiger partial charge is 0.340 e. The molecule has 0 unspecified atom stereocenters. The van der Waals surface area contributed by atoms with Gasteiger partial charge in [-0.2, -0.15) is 13.7 Å². The number of halogens is 1. The second-order valence-corrected chi connectivity index (χ2v) is 11.4. The molecule has 0 atom stereocenters. The summed E-state index contributed by atoms with van der Waals surface area (Å²) in [5, 5.41) is 11.3. The molecule has 186 valence electrons. The molecular formula is C29H24FN3O3S. The van der Waals surface area contributed by atoms with Crippen molar-refractivity contribution in [3.8, 4) is 17.2 Å². The minimum atomic E-state index is -4.86. The lowest BCUT2D eigenvalue weighted by Gasteiger charge is -2.31. The van der Waals surface area contributed by atoms with Crippen LogP contribution in [0.15, 0.2) is 64.3 Å². The van der Waals surface area contributed by atoms with E-state index in [0.29, 0.717) is 21.9 Å². The molecule has 0 bridgehead atoms. The molecular weight excluding hydrogens is 489 g/mol. The summed E-state index contributed by atoms with van der Waals surface area (Å²) in [5.41, 5.74) is 4.85. The van der Waals surface area contributed by atoms with Crippen LogP contribution in [0.2, 0.25) is 0 Å². The Morgan fingerprint density at radius 1 is 1.08 bits per heavy atom. The number of aromatic amines is 1. The molecule has 6 nitrogen and oxygen atoms in total. The Morgan fingerprint density at radius 2 is 1.86 bits per heavy atom. The molecule has 5 aromatic rings. The van der Waals surface area contributed by atoms with Gasteiger partial charge in [-0.05, 0) is 78.3 Å². The molecule has 1 aliphatic rings. The summed E-state index contributed by atoms with van der Waals surface area (Å²) in [5.74, 6) is 0.0263. The Bertz CT molecular complexity index is 1960. The van der Waals surface area contributed by atoms with E-state index in [2.05, 4.69) is 15.6 Å². The van der Waals surface area contributed by atoms with Crippen LogP contribution in [0.4, 0.5) is 3.89 Å². The van der Waals surface area contributed by atoms with Crippen LogP contribution in [-0.4, -0.2) is 18.0 Å². The van der Waals surface area contributed by atoms with Crippen molar-refractivity contribution in [2.24, 2.45) is 0 Å². The molecule has 0 radical (unpaired) electrons. The zero-order valence-corrected chi connectivity index (χ0v) is 21.2. The number of nitrogens with one attached hydrogen (secondary N) is 1. The van der Waals surface area contributed by atoms with Crippen LogP contribution in [0.25, 0.3) is 44.0 Å². The summed E-state index contributed by atoms with van der Waals surface area (Å²) in [6.45, 7) is 4.02. The number of benzene rings is 3. The number of H-pyrrole nitrogens is 1. The van der Waals surface area contributed by atoms with E-state index in [-0.39, 0.29) is 17.4 Å². The molecule has 1 N–H and O–H groups in total. The van der Waals surface area contributed by atoms with Crippen LogP contribution in [0.3, 0.4) is 0 Å². The Kier molecular flexibility index (Phi) is 5.25. The predicted octanol–water partition coefficient (Wildman–Crippen LogP) is 6.68. The van der Waals surface area contributed by atoms with Gasteiger partial charge in [-0.25, -0.2) is 0 Å². The van der Waals surface area contributed by atoms with Crippen LogP contribution >= 0.6 is 0 Å². The van der Waals surface area contributed by atoms with E-state index >= 15 is 0 Å². The number of nitrogens with zero attached hydrogens (tertiary/aromatic N) is 2. The number of rotatable bonds is 4. The van der Waals surface area contributed by atoms with E-state index in [1.165, 1.54) is 18.2 Å². The Labute approximate surface area is 213 Å². The summed E-state index contributed by atoms with van der Waals surface area (Å²) in [7, 11) is -4.86. The standard InChI is InChI=1S/C29H24FN3O3S/c1-16(2)22-13-24-26(14-23(22)18-5-3-8-20(12-18)37(30,35)36)33(19-6-4-7-19)29-27(28(24)34)21-10-9-17(15-31)11-25(21)32-29/h3,5,8-14,16,19,32H,4,6-7H2,1-2H3. The molecule has 0 aliphatic heterocycles. The van der Waals surface area contributed by atoms with E-state index < -0.39 is 15.1 Å². The van der Waals surface area contributed by atoms with Crippen molar-refractivity contribution in [3.63, 3.8) is 0 Å². The summed E-state index contributed by atoms with van der Waals surface area (Å²) in [6, 6.07) is 17.4. The van der Waals surface area contributed by atoms with Gasteiger partial charge in [-0.3, -0.25) is 4.79 Å². The van der Waals surface area contributed by atoms with Gasteiger partial charge in [0.15, 0.2) is 5.43 Å². The summed E-state index contributed by atoms with van der Waals surface area (Å²) in [4.78, 5) is 17.0. The number of fused-ring (bicyclic) bond motifs is 4. The number of pyridine rings is 1. The van der Waals surface area contributed by atoms with E-state index in [4.69, 9.17) is 0 Å². The molecule has 0 saturated heterocycles. The van der Waals surface area contributed by atoms with Gasteiger partial charge in [-0.1, -0.05) is 32.0 Å². The van der Waals surface area contributed by atoms with Crippen LogP contribution in [0.5, 0.6) is 0 Å². The highest BCUT2D eigenvalue weighted by atomic mass is 32.3. The molecule has 3 aromatic carbocycles. The van der Waals surface area contributed by atoms with Crippen LogP contribution in [0, 0.1) is 11.3 Å². The summed E-state index contributed by atoms with van der Waals surface area (Å²) < 4.78 is 39.3. The third-order valence-electron chi connectivity index (χ3n) is 7.54. The van der Waals surface area contributed by atoms with E-state index in [1.54, 1.807) is 18.2 Å². The fourth-order valence-electron chi connectivity index (χ4n) is 5.47. The zero-order valence-electron chi connectivity index (χ0n) is 20.4. The SMILES string of the molecule is CC(C)c1cc2c(=O)c3c4ccc(C#N)cc4[nH]c3n(C3CCC3)c2cc1-c1cccc(S(=O)(=O)F)c1. The Morgan fingerprint density at radius 3 is 2.51 bits per heavy atom. The summed E-state index contributed by atoms with van der Waals surface area (Å²) >= 11 is 0. The first kappa shape index (κ1) is 23.4. The lowest BCUT2D eigenvalue weighted by atomic mass is 9.88. The van der Waals surface area contributed by atoms with E-state index in [9.17, 15) is 22.4 Å². The average Bonchev–Trinajstić information content (AvgIpc) is 3.22. The van der Waals surface area contributed by atoms with Crippen molar-refractivity contribution in [2.45, 2.75) is 50.0 Å². The van der Waals surface area contributed by atoms with Gasteiger partial charge < -0.3 is 9.55 Å². The van der Waals surface area contributed by atoms with Crippen molar-refractivity contribution in [2.75, 3.05) is 0 Å². The Hall–Kier alpha value is -3.96. The van der Waals surface area contributed by atoms with Gasteiger partial charge in [0.2, 0.25) is 0 Å². The molecule has 2 heterocycles. The number of hydrogen-bond acceptors (Lipinski definition) is 4. The van der Waals surface area contributed by atoms with Gasteiger partial charge in [0.1, 0.15) is 5.65 Å². The zero-order chi connectivity index (χ0) is 26.1. The van der Waals surface area contributed by atoms with E-state index in [1.807, 2.05) is 32.0 Å². The highest BCUT2D eigenvalue weighted by Gasteiger charge is 2.27. The number of aromatic nitrogens is 2. The second kappa shape index (κ2) is 8.29. The minimum absolute atomic E-state index is 0.0263. The van der Waals surface area contributed by atoms with Gasteiger partial charge in [0.25, 0.3) is 0 Å². The molecule has 0 spiro atoms. The first-order valence-corrected chi connectivity index (χ1v) is 13.7. The third kappa shape index (κ3) is 3.65. The maximum atomic E-state index is 14.0. The lowest BCUT2D eigenvalue weighted by molar-refractivity contribution is 0.327. The maximum absolute atomic E-state index is 14.0. The van der Waals surface area contributed by atoms with Gasteiger partial charge >= 0.3 is 10.2 Å². The average molecular weight is 514 g/mol. The lowest BCUT2D eigenvalue weighted by Crippen LogP contribution is -2.21. The quantitative estimate of drug-likeness (QED) is 0.271. The van der Waals surface area contributed by atoms with Crippen molar-refractivity contribution < 1.29 is 12.3 Å². The van der Waals surface area contributed by atoms with E-state index in [0.717, 1.165) is 52.5 Å². The molecule has 1 saturated carbocycles. The normalized spacial score (nSPS) is 14.5. The van der Waals surface area contributed by atoms with Gasteiger partial charge in [0.05, 0.1) is 27.4 Å². The van der Waals surface area contributed by atoms with Crippen molar-refractivity contribution >= 4 is 43.1 Å². The molecule has 1 aliphatic carbocycles. The molecule has 1 fully saturated rings. The number of nitriles is 1. The minimum Gasteiger partial charge on any atom is -0.340 e. The Balaban J connectivity index is 1.76. The first-order chi connectivity index (χ1) is 17.7. The highest BCUT2D eigenvalue weighted by Crippen LogP contribution is 2.40. The smallest absolute Gasteiger partial charge is 0.332 e. The van der Waals surface area contributed by atoms with Crippen molar-refractivity contribution in [1.29, 1.82) is 5.26 Å². The van der Waals surface area contributed by atoms with Crippen molar-refractivity contribution in [3.05, 3.63) is 75.9 Å². The first-order valence-electron chi connectivity index (χ1n) is 12.3. The third-order valence-corrected chi connectivity index (χ3v) is 8.35. The van der Waals surface area contributed by atoms with Crippen molar-refractivity contribution in [1.82, 2.24) is 9.55 Å². The summed E-state index contributed by atoms with van der Waals surface area (Å²) in [6.07, 6.45) is 3.04. The monoisotopic (exact) mass is 513 g/mol. The van der Waals surface area contributed by atoms with Crippen LogP contribution in [-0.2, 0) is 10.2 Å². The molecule has 0 amide bonds. The fraction of sp³-hybridized carbons (Fsp3) is 0.241. The van der Waals surface area contributed by atoms with Crippen LogP contribution in [0.1, 0.15) is 56.2 Å². The van der Waals surface area contributed by atoms with Gasteiger partial charge in [0, 0.05) is 22.3 Å².